The molecule has 1 saturated carbocycles. The van der Waals surface area contributed by atoms with E-state index in [1.165, 1.54) is 16.7 Å². The van der Waals surface area contributed by atoms with Crippen molar-refractivity contribution in [1.29, 1.82) is 0 Å². The molecule has 0 saturated heterocycles. The van der Waals surface area contributed by atoms with E-state index in [0.29, 0.717) is 0 Å². The number of hydrogen-bond donors (Lipinski definition) is 1. The van der Waals surface area contributed by atoms with Crippen molar-refractivity contribution in [3.05, 3.63) is 33.3 Å². The zero-order chi connectivity index (χ0) is 10.5. The quantitative estimate of drug-likeness (QED) is 0.849. The summed E-state index contributed by atoms with van der Waals surface area (Å²) >= 11 is 3.57. The molecule has 1 heterocycles. The van der Waals surface area contributed by atoms with Gasteiger partial charge in [0.15, 0.2) is 0 Å². The average Bonchev–Trinajstić information content (AvgIpc) is 2.96. The lowest BCUT2D eigenvalue weighted by Crippen LogP contribution is -2.24. The van der Waals surface area contributed by atoms with E-state index in [1.54, 1.807) is 0 Å². The fourth-order valence-corrected chi connectivity index (χ4v) is 2.80. The third-order valence-corrected chi connectivity index (χ3v) is 3.85. The van der Waals surface area contributed by atoms with Crippen LogP contribution in [0.1, 0.15) is 29.5 Å². The molecule has 1 aliphatic heterocycles. The van der Waals surface area contributed by atoms with Gasteiger partial charge in [-0.2, -0.15) is 0 Å². The maximum absolute atomic E-state index is 6.28. The Hall–Kier alpha value is -0.380. The summed E-state index contributed by atoms with van der Waals surface area (Å²) in [6.45, 7) is 1.57. The highest BCUT2D eigenvalue weighted by molar-refractivity contribution is 9.10. The van der Waals surface area contributed by atoms with Gasteiger partial charge in [0.2, 0.25) is 0 Å². The van der Waals surface area contributed by atoms with Crippen molar-refractivity contribution in [2.24, 2.45) is 5.73 Å². The van der Waals surface area contributed by atoms with E-state index in [-0.39, 0.29) is 5.54 Å². The SMILES string of the molecule is NC1(c2cc(Br)cc3c2COCC3)CC1. The third-order valence-electron chi connectivity index (χ3n) is 3.39. The second kappa shape index (κ2) is 3.30. The van der Waals surface area contributed by atoms with Gasteiger partial charge >= 0.3 is 0 Å². The highest BCUT2D eigenvalue weighted by Crippen LogP contribution is 2.46. The zero-order valence-electron chi connectivity index (χ0n) is 8.55. The van der Waals surface area contributed by atoms with Gasteiger partial charge in [-0.1, -0.05) is 15.9 Å². The molecule has 0 aromatic heterocycles. The smallest absolute Gasteiger partial charge is 0.0723 e. The predicted octanol–water partition coefficient (Wildman–Crippen LogP) is 2.47. The molecule has 1 aliphatic carbocycles. The van der Waals surface area contributed by atoms with Gasteiger partial charge in [-0.05, 0) is 48.1 Å². The molecule has 80 valence electrons. The lowest BCUT2D eigenvalue weighted by molar-refractivity contribution is 0.109. The molecular weight excluding hydrogens is 254 g/mol. The van der Waals surface area contributed by atoms with Crippen molar-refractivity contribution < 1.29 is 4.74 Å². The number of halogens is 1. The standard InChI is InChI=1S/C12H14BrNO/c13-9-5-8-1-4-15-7-10(8)11(6-9)12(14)2-3-12/h5-6H,1-4,7,14H2. The van der Waals surface area contributed by atoms with Crippen LogP contribution >= 0.6 is 15.9 Å². The van der Waals surface area contributed by atoms with E-state index < -0.39 is 0 Å². The Kier molecular flexibility index (Phi) is 2.16. The zero-order valence-corrected chi connectivity index (χ0v) is 10.1. The normalized spacial score (nSPS) is 22.3. The highest BCUT2D eigenvalue weighted by Gasteiger charge is 2.42. The van der Waals surface area contributed by atoms with Gasteiger partial charge in [-0.25, -0.2) is 0 Å². The summed E-state index contributed by atoms with van der Waals surface area (Å²) in [5, 5.41) is 0. The minimum atomic E-state index is -0.0609. The lowest BCUT2D eigenvalue weighted by Gasteiger charge is -2.23. The number of fused-ring (bicyclic) bond motifs is 1. The minimum Gasteiger partial charge on any atom is -0.376 e. The summed E-state index contributed by atoms with van der Waals surface area (Å²) in [4.78, 5) is 0. The van der Waals surface area contributed by atoms with E-state index >= 15 is 0 Å². The van der Waals surface area contributed by atoms with E-state index in [9.17, 15) is 0 Å². The maximum Gasteiger partial charge on any atom is 0.0723 e. The largest absolute Gasteiger partial charge is 0.376 e. The van der Waals surface area contributed by atoms with E-state index in [1.807, 2.05) is 0 Å². The average molecular weight is 268 g/mol. The Morgan fingerprint density at radius 3 is 2.87 bits per heavy atom. The lowest BCUT2D eigenvalue weighted by atomic mass is 9.92. The van der Waals surface area contributed by atoms with Crippen molar-refractivity contribution >= 4 is 15.9 Å². The molecule has 1 aromatic carbocycles. The summed E-state index contributed by atoms with van der Waals surface area (Å²) < 4.78 is 6.68. The molecule has 0 radical (unpaired) electrons. The van der Waals surface area contributed by atoms with Crippen molar-refractivity contribution in [1.82, 2.24) is 0 Å². The molecule has 0 bridgehead atoms. The second-order valence-electron chi connectivity index (χ2n) is 4.55. The second-order valence-corrected chi connectivity index (χ2v) is 5.47. The van der Waals surface area contributed by atoms with Crippen LogP contribution in [0.25, 0.3) is 0 Å². The van der Waals surface area contributed by atoms with Crippen LogP contribution in [-0.2, 0) is 23.3 Å². The number of ether oxygens (including phenoxy) is 1. The molecule has 2 aliphatic rings. The maximum atomic E-state index is 6.28. The Labute approximate surface area is 97.9 Å². The molecule has 0 amide bonds. The van der Waals surface area contributed by atoms with Crippen LogP contribution < -0.4 is 5.73 Å². The molecule has 0 spiro atoms. The first kappa shape index (κ1) is 9.82. The van der Waals surface area contributed by atoms with Crippen molar-refractivity contribution in [2.45, 2.75) is 31.4 Å². The molecule has 3 heteroatoms. The topological polar surface area (TPSA) is 35.2 Å². The molecule has 3 rings (SSSR count). The van der Waals surface area contributed by atoms with Gasteiger partial charge in [0.25, 0.3) is 0 Å². The third kappa shape index (κ3) is 1.63. The van der Waals surface area contributed by atoms with Crippen molar-refractivity contribution in [3.8, 4) is 0 Å². The minimum absolute atomic E-state index is 0.0609. The van der Waals surface area contributed by atoms with E-state index in [0.717, 1.165) is 36.9 Å². The van der Waals surface area contributed by atoms with Gasteiger partial charge in [0, 0.05) is 10.0 Å². The molecule has 2 nitrogen and oxygen atoms in total. The monoisotopic (exact) mass is 267 g/mol. The van der Waals surface area contributed by atoms with Gasteiger partial charge in [-0.15, -0.1) is 0 Å². The predicted molar refractivity (Wildman–Crippen MR) is 62.6 cm³/mol. The summed E-state index contributed by atoms with van der Waals surface area (Å²) in [5.41, 5.74) is 10.3. The molecule has 0 atom stereocenters. The Morgan fingerprint density at radius 1 is 1.33 bits per heavy atom. The van der Waals surface area contributed by atoms with Gasteiger partial charge in [0.05, 0.1) is 13.2 Å². The summed E-state index contributed by atoms with van der Waals surface area (Å²) in [5.74, 6) is 0. The first-order chi connectivity index (χ1) is 7.19. The first-order valence-corrected chi connectivity index (χ1v) is 6.17. The van der Waals surface area contributed by atoms with Gasteiger partial charge in [-0.3, -0.25) is 0 Å². The number of nitrogens with two attached hydrogens (primary N) is 1. The Morgan fingerprint density at radius 2 is 2.13 bits per heavy atom. The van der Waals surface area contributed by atoms with Crippen LogP contribution in [0.2, 0.25) is 0 Å². The molecule has 1 aromatic rings. The first-order valence-electron chi connectivity index (χ1n) is 5.37. The highest BCUT2D eigenvalue weighted by atomic mass is 79.9. The van der Waals surface area contributed by atoms with Crippen LogP contribution in [0.4, 0.5) is 0 Å². The summed E-state index contributed by atoms with van der Waals surface area (Å²) in [6, 6.07) is 4.37. The number of hydrogen-bond acceptors (Lipinski definition) is 2. The van der Waals surface area contributed by atoms with Gasteiger partial charge < -0.3 is 10.5 Å². The number of rotatable bonds is 1. The molecule has 15 heavy (non-hydrogen) atoms. The summed E-state index contributed by atoms with van der Waals surface area (Å²) in [7, 11) is 0. The van der Waals surface area contributed by atoms with Crippen LogP contribution in [0.5, 0.6) is 0 Å². The molecular formula is C12H14BrNO. The van der Waals surface area contributed by atoms with E-state index in [2.05, 4.69) is 28.1 Å². The van der Waals surface area contributed by atoms with Crippen LogP contribution in [0.15, 0.2) is 16.6 Å². The van der Waals surface area contributed by atoms with E-state index in [4.69, 9.17) is 10.5 Å². The van der Waals surface area contributed by atoms with Crippen LogP contribution in [0, 0.1) is 0 Å². The van der Waals surface area contributed by atoms with Crippen molar-refractivity contribution in [2.75, 3.05) is 6.61 Å². The Balaban J connectivity index is 2.15. The van der Waals surface area contributed by atoms with Crippen LogP contribution in [0.3, 0.4) is 0 Å². The molecule has 0 unspecified atom stereocenters. The fourth-order valence-electron chi connectivity index (χ4n) is 2.29. The summed E-state index contributed by atoms with van der Waals surface area (Å²) in [6.07, 6.45) is 3.23. The van der Waals surface area contributed by atoms with Gasteiger partial charge in [0.1, 0.15) is 0 Å². The Bertz CT molecular complexity index is 412. The van der Waals surface area contributed by atoms with Crippen molar-refractivity contribution in [3.63, 3.8) is 0 Å². The number of benzene rings is 1. The molecule has 2 N–H and O–H groups in total. The van der Waals surface area contributed by atoms with Crippen LogP contribution in [-0.4, -0.2) is 6.61 Å². The fraction of sp³-hybridized carbons (Fsp3) is 0.500. The molecule has 1 fully saturated rings.